The molecule has 0 aromatic heterocycles. The number of amides is 1. The molecule has 12 heteroatoms. The lowest BCUT2D eigenvalue weighted by Crippen LogP contribution is -2.17. The van der Waals surface area contributed by atoms with Crippen LogP contribution >= 0.6 is 0 Å². The van der Waals surface area contributed by atoms with E-state index in [0.717, 1.165) is 24.3 Å². The molecule has 8 nitrogen and oxygen atoms in total. The zero-order valence-electron chi connectivity index (χ0n) is 17.8. The molecule has 0 unspecified atom stereocenters. The van der Waals surface area contributed by atoms with Crippen LogP contribution in [0.15, 0.2) is 71.6 Å². The zero-order chi connectivity index (χ0) is 24.9. The smallest absolute Gasteiger partial charge is 0.494 e. The summed E-state index contributed by atoms with van der Waals surface area (Å²) in [6.07, 6.45) is -4.90. The lowest BCUT2D eigenvalue weighted by atomic mass is 10.2. The van der Waals surface area contributed by atoms with E-state index in [0.29, 0.717) is 5.56 Å². The lowest BCUT2D eigenvalue weighted by molar-refractivity contribution is -0.274. The van der Waals surface area contributed by atoms with E-state index in [4.69, 9.17) is 9.47 Å². The monoisotopic (exact) mass is 496 g/mol. The Hall–Kier alpha value is -3.93. The van der Waals surface area contributed by atoms with Gasteiger partial charge in [0, 0.05) is 17.7 Å². The van der Waals surface area contributed by atoms with Gasteiger partial charge in [0.1, 0.15) is 17.2 Å². The summed E-state index contributed by atoms with van der Waals surface area (Å²) in [6.45, 7) is 0. The predicted molar refractivity (Wildman–Crippen MR) is 118 cm³/mol. The van der Waals surface area contributed by atoms with Crippen molar-refractivity contribution in [3.05, 3.63) is 72.3 Å². The molecule has 0 aliphatic heterocycles. The molecule has 180 valence electrons. The van der Waals surface area contributed by atoms with Crippen LogP contribution in [0.2, 0.25) is 0 Å². The third-order valence-electron chi connectivity index (χ3n) is 4.42. The second-order valence-corrected chi connectivity index (χ2v) is 8.38. The number of hydrogen-bond donors (Lipinski definition) is 2. The Morgan fingerprint density at radius 1 is 0.853 bits per heavy atom. The van der Waals surface area contributed by atoms with Crippen LogP contribution in [0.1, 0.15) is 10.4 Å². The van der Waals surface area contributed by atoms with Crippen molar-refractivity contribution in [2.45, 2.75) is 11.3 Å². The fourth-order valence-electron chi connectivity index (χ4n) is 2.88. The van der Waals surface area contributed by atoms with Gasteiger partial charge in [0.2, 0.25) is 0 Å². The maximum absolute atomic E-state index is 12.8. The Bertz CT molecular complexity index is 1260. The summed E-state index contributed by atoms with van der Waals surface area (Å²) in [7, 11) is -1.59. The number of benzene rings is 3. The van der Waals surface area contributed by atoms with Crippen molar-refractivity contribution in [3.63, 3.8) is 0 Å². The van der Waals surface area contributed by atoms with E-state index in [2.05, 4.69) is 14.8 Å². The molecule has 1 amide bonds. The molecular weight excluding hydrogens is 477 g/mol. The van der Waals surface area contributed by atoms with Crippen molar-refractivity contribution in [3.8, 4) is 17.2 Å². The van der Waals surface area contributed by atoms with E-state index in [1.165, 1.54) is 26.4 Å². The van der Waals surface area contributed by atoms with E-state index in [-0.39, 0.29) is 27.8 Å². The van der Waals surface area contributed by atoms with Gasteiger partial charge in [-0.05, 0) is 36.4 Å². The van der Waals surface area contributed by atoms with Gasteiger partial charge < -0.3 is 19.5 Å². The van der Waals surface area contributed by atoms with Crippen molar-refractivity contribution in [1.29, 1.82) is 0 Å². The van der Waals surface area contributed by atoms with Crippen molar-refractivity contribution >= 4 is 27.3 Å². The van der Waals surface area contributed by atoms with Crippen LogP contribution in [0, 0.1) is 0 Å². The van der Waals surface area contributed by atoms with E-state index in [9.17, 15) is 26.4 Å². The molecule has 3 aromatic carbocycles. The third-order valence-corrected chi connectivity index (χ3v) is 5.80. The SMILES string of the molecule is COc1cc(NS(=O)(=O)c2ccc(OC(F)(F)F)cc2)c(OC)cc1NC(=O)c1ccccc1. The predicted octanol–water partition coefficient (Wildman–Crippen LogP) is 4.66. The maximum Gasteiger partial charge on any atom is 0.573 e. The number of alkyl halides is 3. The van der Waals surface area contributed by atoms with Crippen LogP contribution in [0.25, 0.3) is 0 Å². The van der Waals surface area contributed by atoms with Gasteiger partial charge in [-0.3, -0.25) is 9.52 Å². The van der Waals surface area contributed by atoms with Gasteiger partial charge in [-0.1, -0.05) is 18.2 Å². The van der Waals surface area contributed by atoms with Gasteiger partial charge in [-0.2, -0.15) is 0 Å². The van der Waals surface area contributed by atoms with Crippen molar-refractivity contribution in [2.24, 2.45) is 0 Å². The van der Waals surface area contributed by atoms with Crippen LogP contribution in [-0.2, 0) is 10.0 Å². The number of carbonyl (C=O) groups excluding carboxylic acids is 1. The quantitative estimate of drug-likeness (QED) is 0.471. The molecule has 0 aliphatic rings. The fraction of sp³-hybridized carbons (Fsp3) is 0.136. The molecule has 0 saturated heterocycles. The number of sulfonamides is 1. The van der Waals surface area contributed by atoms with E-state index in [1.54, 1.807) is 30.3 Å². The molecule has 0 bridgehead atoms. The molecule has 3 aromatic rings. The number of anilines is 2. The van der Waals surface area contributed by atoms with E-state index >= 15 is 0 Å². The van der Waals surface area contributed by atoms with Crippen LogP contribution < -0.4 is 24.2 Å². The molecule has 0 radical (unpaired) electrons. The normalized spacial score (nSPS) is 11.4. The Kier molecular flexibility index (Phi) is 7.20. The number of hydrogen-bond acceptors (Lipinski definition) is 6. The first-order chi connectivity index (χ1) is 16.0. The minimum atomic E-state index is -4.90. The van der Waals surface area contributed by atoms with Crippen LogP contribution in [0.3, 0.4) is 0 Å². The summed E-state index contributed by atoms with van der Waals surface area (Å²) in [4.78, 5) is 12.2. The number of methoxy groups -OCH3 is 2. The molecule has 0 atom stereocenters. The maximum atomic E-state index is 12.8. The second-order valence-electron chi connectivity index (χ2n) is 6.70. The second kappa shape index (κ2) is 9.91. The lowest BCUT2D eigenvalue weighted by Gasteiger charge is -2.17. The van der Waals surface area contributed by atoms with Crippen molar-refractivity contribution in [1.82, 2.24) is 0 Å². The number of nitrogens with one attached hydrogen (secondary N) is 2. The summed E-state index contributed by atoms with van der Waals surface area (Å²) in [5, 5.41) is 2.67. The summed E-state index contributed by atoms with van der Waals surface area (Å²) >= 11 is 0. The average Bonchev–Trinajstić information content (AvgIpc) is 2.79. The molecule has 0 heterocycles. The average molecular weight is 496 g/mol. The summed E-state index contributed by atoms with van der Waals surface area (Å²) in [5.74, 6) is -0.791. The van der Waals surface area contributed by atoms with Gasteiger partial charge in [0.05, 0.1) is 30.5 Å². The Balaban J connectivity index is 1.87. The number of rotatable bonds is 8. The largest absolute Gasteiger partial charge is 0.573 e. The molecule has 0 spiro atoms. The van der Waals surface area contributed by atoms with Gasteiger partial charge in [-0.25, -0.2) is 8.42 Å². The standard InChI is InChI=1S/C22H19F3N2O6S/c1-31-19-13-18(20(32-2)12-17(19)26-21(28)14-6-4-3-5-7-14)27-34(29,30)16-10-8-15(9-11-16)33-22(23,24)25/h3-13,27H,1-2H3,(H,26,28). The highest BCUT2D eigenvalue weighted by molar-refractivity contribution is 7.92. The highest BCUT2D eigenvalue weighted by Crippen LogP contribution is 2.38. The van der Waals surface area contributed by atoms with Crippen LogP contribution in [-0.4, -0.2) is 34.9 Å². The molecular formula is C22H19F3N2O6S. The van der Waals surface area contributed by atoms with Gasteiger partial charge in [-0.15, -0.1) is 13.2 Å². The summed E-state index contributed by atoms with van der Waals surface area (Å²) in [6, 6.07) is 14.7. The molecule has 0 saturated carbocycles. The van der Waals surface area contributed by atoms with E-state index < -0.39 is 28.0 Å². The van der Waals surface area contributed by atoms with Crippen LogP contribution in [0.4, 0.5) is 24.5 Å². The topological polar surface area (TPSA) is 103 Å². The Labute approximate surface area is 193 Å². The van der Waals surface area contributed by atoms with Crippen molar-refractivity contribution in [2.75, 3.05) is 24.3 Å². The Morgan fingerprint density at radius 3 is 1.97 bits per heavy atom. The van der Waals surface area contributed by atoms with Gasteiger partial charge >= 0.3 is 6.36 Å². The van der Waals surface area contributed by atoms with Crippen molar-refractivity contribution < 1.29 is 40.6 Å². The highest BCUT2D eigenvalue weighted by Gasteiger charge is 2.31. The van der Waals surface area contributed by atoms with Gasteiger partial charge in [0.15, 0.2) is 0 Å². The van der Waals surface area contributed by atoms with Crippen LogP contribution in [0.5, 0.6) is 17.2 Å². The molecule has 3 rings (SSSR count). The third kappa shape index (κ3) is 6.10. The molecule has 34 heavy (non-hydrogen) atoms. The van der Waals surface area contributed by atoms with E-state index in [1.807, 2.05) is 0 Å². The van der Waals surface area contributed by atoms with Gasteiger partial charge in [0.25, 0.3) is 15.9 Å². The molecule has 0 fully saturated rings. The summed E-state index contributed by atoms with van der Waals surface area (Å²) in [5.41, 5.74) is 0.601. The Morgan fingerprint density at radius 2 is 1.41 bits per heavy atom. The number of halogens is 3. The number of ether oxygens (including phenoxy) is 3. The minimum absolute atomic E-state index is 0.0207. The fourth-order valence-corrected chi connectivity index (χ4v) is 3.94. The summed E-state index contributed by atoms with van der Waals surface area (Å²) < 4.78 is 79.1. The molecule has 0 aliphatic carbocycles. The zero-order valence-corrected chi connectivity index (χ0v) is 18.7. The highest BCUT2D eigenvalue weighted by atomic mass is 32.2. The molecule has 2 N–H and O–H groups in total. The number of carbonyl (C=O) groups is 1. The minimum Gasteiger partial charge on any atom is -0.494 e. The first-order valence-electron chi connectivity index (χ1n) is 9.53. The first kappa shape index (κ1) is 24.7. The first-order valence-corrected chi connectivity index (χ1v) is 11.0.